The first-order chi connectivity index (χ1) is 16.6. The van der Waals surface area contributed by atoms with Crippen LogP contribution in [0.4, 0.5) is 5.69 Å². The second-order valence-corrected chi connectivity index (χ2v) is 6.95. The highest BCUT2D eigenvalue weighted by Gasteiger charge is 2.16. The molecule has 0 bridgehead atoms. The summed E-state index contributed by atoms with van der Waals surface area (Å²) < 4.78 is 0. The molecule has 1 atom stereocenters. The van der Waals surface area contributed by atoms with E-state index in [2.05, 4.69) is 0 Å². The zero-order valence-electron chi connectivity index (χ0n) is 19.8. The molecule has 2 aromatic rings. The van der Waals surface area contributed by atoms with Crippen molar-refractivity contribution in [2.24, 2.45) is 0 Å². The number of carbonyl (C=O) groups excluding carboxylic acids is 6. The Hall–Kier alpha value is -4.18. The number of aldehydes is 3. The summed E-state index contributed by atoms with van der Waals surface area (Å²) in [6.07, 6.45) is 1.13. The molecule has 0 saturated carbocycles. The van der Waals surface area contributed by atoms with E-state index in [0.717, 1.165) is 18.7 Å². The van der Waals surface area contributed by atoms with Gasteiger partial charge in [0.1, 0.15) is 0 Å². The number of hydrogen-bond donors (Lipinski definition) is 0. The quantitative estimate of drug-likeness (QED) is 0.154. The number of rotatable bonds is 11. The lowest BCUT2D eigenvalue weighted by Crippen LogP contribution is -2.39. The van der Waals surface area contributed by atoms with Crippen molar-refractivity contribution in [2.45, 2.75) is 33.2 Å². The first-order valence-corrected chi connectivity index (χ1v) is 10.6. The first kappa shape index (κ1) is 30.8. The molecule has 2 aromatic carbocycles. The molecule has 0 fully saturated rings. The second kappa shape index (κ2) is 17.3. The molecule has 0 N–H and O–H groups in total. The monoisotopic (exact) mass is 484 g/mol. The zero-order valence-corrected chi connectivity index (χ0v) is 19.8. The Morgan fingerprint density at radius 2 is 1.43 bits per heavy atom. The molecule has 0 saturated heterocycles. The van der Waals surface area contributed by atoms with Crippen molar-refractivity contribution >= 4 is 41.9 Å². The second-order valence-electron chi connectivity index (χ2n) is 6.95. The average Bonchev–Trinajstić information content (AvgIpc) is 2.89. The van der Waals surface area contributed by atoms with E-state index < -0.39 is 10.7 Å². The fraction of sp³-hybridized carbons (Fsp3) is 0.280. The van der Waals surface area contributed by atoms with Crippen molar-refractivity contribution in [1.29, 1.82) is 0 Å². The van der Waals surface area contributed by atoms with Crippen molar-refractivity contribution in [3.05, 3.63) is 75.8 Å². The van der Waals surface area contributed by atoms with Gasteiger partial charge in [0.15, 0.2) is 24.6 Å². The van der Waals surface area contributed by atoms with Crippen LogP contribution in [0.3, 0.4) is 0 Å². The van der Waals surface area contributed by atoms with Crippen LogP contribution in [-0.4, -0.2) is 65.2 Å². The Balaban J connectivity index is 0.000000498. The van der Waals surface area contributed by atoms with E-state index in [9.17, 15) is 38.9 Å². The van der Waals surface area contributed by atoms with Crippen LogP contribution in [0.25, 0.3) is 0 Å². The fourth-order valence-corrected chi connectivity index (χ4v) is 2.70. The van der Waals surface area contributed by atoms with Gasteiger partial charge in [0.25, 0.3) is 5.69 Å². The SMILES string of the molecule is CCN(CC)C(C)C(=O)C=O.O=CC(=O)Cc1ccccc1.O=CC(=O)c1ccc([N+](=O)[O-])cc1. The highest BCUT2D eigenvalue weighted by Crippen LogP contribution is 2.11. The lowest BCUT2D eigenvalue weighted by Gasteiger charge is -2.22. The van der Waals surface area contributed by atoms with Gasteiger partial charge >= 0.3 is 0 Å². The molecule has 1 unspecified atom stereocenters. The molecule has 10 nitrogen and oxygen atoms in total. The number of Topliss-reactive ketones (excluding diaryl/α,β-unsaturated/α-hetero) is 3. The van der Waals surface area contributed by atoms with E-state index in [1.54, 1.807) is 6.92 Å². The predicted molar refractivity (Wildman–Crippen MR) is 128 cm³/mol. The van der Waals surface area contributed by atoms with Gasteiger partial charge in [-0.15, -0.1) is 0 Å². The van der Waals surface area contributed by atoms with Crippen LogP contribution >= 0.6 is 0 Å². The van der Waals surface area contributed by atoms with Crippen molar-refractivity contribution in [2.75, 3.05) is 13.1 Å². The van der Waals surface area contributed by atoms with Gasteiger partial charge in [0, 0.05) is 24.1 Å². The summed E-state index contributed by atoms with van der Waals surface area (Å²) in [6, 6.07) is 13.8. The van der Waals surface area contributed by atoms with E-state index in [4.69, 9.17) is 0 Å². The number of benzene rings is 2. The van der Waals surface area contributed by atoms with Crippen molar-refractivity contribution in [3.8, 4) is 0 Å². The number of likely N-dealkylation sites (N-methyl/N-ethyl adjacent to an activating group) is 1. The van der Waals surface area contributed by atoms with Crippen LogP contribution in [0.1, 0.15) is 36.7 Å². The highest BCUT2D eigenvalue weighted by atomic mass is 16.6. The molecule has 10 heteroatoms. The van der Waals surface area contributed by atoms with Crippen molar-refractivity contribution < 1.29 is 33.7 Å². The van der Waals surface area contributed by atoms with E-state index >= 15 is 0 Å². The third-order valence-corrected chi connectivity index (χ3v) is 4.71. The molecule has 186 valence electrons. The minimum Gasteiger partial charge on any atom is -0.295 e. The van der Waals surface area contributed by atoms with Gasteiger partial charge in [-0.1, -0.05) is 44.2 Å². The zero-order chi connectivity index (χ0) is 26.8. The lowest BCUT2D eigenvalue weighted by molar-refractivity contribution is -0.384. The molecule has 0 aliphatic rings. The predicted octanol–water partition coefficient (Wildman–Crippen LogP) is 2.46. The summed E-state index contributed by atoms with van der Waals surface area (Å²) in [7, 11) is 0. The molecule has 0 spiro atoms. The van der Waals surface area contributed by atoms with Gasteiger partial charge in [-0.3, -0.25) is 43.8 Å². The van der Waals surface area contributed by atoms with Crippen molar-refractivity contribution in [1.82, 2.24) is 4.90 Å². The van der Waals surface area contributed by atoms with E-state index in [-0.39, 0.29) is 41.6 Å². The third-order valence-electron chi connectivity index (χ3n) is 4.71. The van der Waals surface area contributed by atoms with E-state index in [1.165, 1.54) is 24.3 Å². The maximum atomic E-state index is 10.9. The summed E-state index contributed by atoms with van der Waals surface area (Å²) in [5, 5.41) is 10.2. The largest absolute Gasteiger partial charge is 0.295 e. The fourth-order valence-electron chi connectivity index (χ4n) is 2.70. The summed E-state index contributed by atoms with van der Waals surface area (Å²) >= 11 is 0. The summed E-state index contributed by atoms with van der Waals surface area (Å²) in [6.45, 7) is 7.30. The molecule has 0 aliphatic carbocycles. The van der Waals surface area contributed by atoms with Gasteiger partial charge in [0.2, 0.25) is 11.6 Å². The molecule has 0 radical (unpaired) electrons. The standard InChI is InChI=1S/C9H8O2.C8H5NO4.C8H15NO2/c10-7-9(11)6-8-4-2-1-3-5-8;10-5-8(11)6-1-3-7(4-2-6)9(12)13;1-4-9(5-2)7(3)8(11)6-10/h1-5,7H,6H2;1-5H;6-7H,4-5H2,1-3H3. The molecule has 0 aromatic heterocycles. The maximum Gasteiger partial charge on any atom is 0.269 e. The number of nitrogens with zero attached hydrogens (tertiary/aromatic N) is 2. The van der Waals surface area contributed by atoms with Crippen LogP contribution in [-0.2, 0) is 30.4 Å². The number of carbonyl (C=O) groups is 6. The van der Waals surface area contributed by atoms with Gasteiger partial charge in [0.05, 0.1) is 11.0 Å². The van der Waals surface area contributed by atoms with Crippen LogP contribution in [0.2, 0.25) is 0 Å². The number of nitro benzene ring substituents is 1. The molecule has 0 amide bonds. The maximum absolute atomic E-state index is 10.9. The number of non-ortho nitro benzene ring substituents is 1. The van der Waals surface area contributed by atoms with Crippen LogP contribution < -0.4 is 0 Å². The van der Waals surface area contributed by atoms with Crippen LogP contribution in [0.5, 0.6) is 0 Å². The Morgan fingerprint density at radius 3 is 1.83 bits per heavy atom. The Morgan fingerprint density at radius 1 is 0.886 bits per heavy atom. The van der Waals surface area contributed by atoms with E-state index in [0.29, 0.717) is 12.6 Å². The molecule has 2 rings (SSSR count). The third kappa shape index (κ3) is 12.0. The topological polar surface area (TPSA) is 149 Å². The van der Waals surface area contributed by atoms with Crippen LogP contribution in [0, 0.1) is 10.1 Å². The molecule has 0 heterocycles. The Bertz CT molecular complexity index is 1000. The molecule has 35 heavy (non-hydrogen) atoms. The first-order valence-electron chi connectivity index (χ1n) is 10.6. The molecule has 0 aliphatic heterocycles. The van der Waals surface area contributed by atoms with Gasteiger partial charge in [-0.2, -0.15) is 0 Å². The van der Waals surface area contributed by atoms with E-state index in [1.807, 2.05) is 49.1 Å². The lowest BCUT2D eigenvalue weighted by atomic mass is 10.1. The summed E-state index contributed by atoms with van der Waals surface area (Å²) in [5.74, 6) is -1.40. The summed E-state index contributed by atoms with van der Waals surface area (Å²) in [5.41, 5.74) is 0.924. The minimum absolute atomic E-state index is 0.109. The number of nitro groups is 1. The number of ketones is 3. The highest BCUT2D eigenvalue weighted by molar-refractivity contribution is 6.33. The normalized spacial score (nSPS) is 10.4. The van der Waals surface area contributed by atoms with Crippen molar-refractivity contribution in [3.63, 3.8) is 0 Å². The van der Waals surface area contributed by atoms with Crippen LogP contribution in [0.15, 0.2) is 54.6 Å². The Kier molecular flexibility index (Phi) is 15.2. The Labute approximate surface area is 203 Å². The average molecular weight is 485 g/mol. The van der Waals surface area contributed by atoms with Gasteiger partial charge in [-0.05, 0) is 37.7 Å². The van der Waals surface area contributed by atoms with Gasteiger partial charge in [-0.25, -0.2) is 0 Å². The van der Waals surface area contributed by atoms with Gasteiger partial charge < -0.3 is 0 Å². The smallest absolute Gasteiger partial charge is 0.269 e. The summed E-state index contributed by atoms with van der Waals surface area (Å²) in [4.78, 5) is 73.9. The number of hydrogen-bond acceptors (Lipinski definition) is 9. The molecular formula is C25H28N2O8. The minimum atomic E-state index is -0.685. The molecular weight excluding hydrogens is 456 g/mol.